The summed E-state index contributed by atoms with van der Waals surface area (Å²) in [7, 11) is 0. The monoisotopic (exact) mass is 315 g/mol. The average molecular weight is 315 g/mol. The van der Waals surface area contributed by atoms with Gasteiger partial charge in [-0.25, -0.2) is 0 Å². The first kappa shape index (κ1) is 15.8. The molecule has 1 fully saturated rings. The second-order valence-corrected chi connectivity index (χ2v) is 5.91. The van der Waals surface area contributed by atoms with Gasteiger partial charge in [-0.2, -0.15) is 0 Å². The van der Waals surface area contributed by atoms with Crippen molar-refractivity contribution in [3.63, 3.8) is 0 Å². The minimum atomic E-state index is -0.0470. The SMILES string of the molecule is Cc1ccc(C(=O)NC[C@@H](c2ccco2)[NH+]2CCOCC2)cc1. The van der Waals surface area contributed by atoms with Crippen molar-refractivity contribution in [2.24, 2.45) is 0 Å². The van der Waals surface area contributed by atoms with E-state index in [-0.39, 0.29) is 11.9 Å². The molecule has 23 heavy (non-hydrogen) atoms. The van der Waals surface area contributed by atoms with Crippen molar-refractivity contribution in [3.05, 3.63) is 59.5 Å². The van der Waals surface area contributed by atoms with E-state index < -0.39 is 0 Å². The highest BCUT2D eigenvalue weighted by Gasteiger charge is 2.28. The van der Waals surface area contributed by atoms with Gasteiger partial charge in [0.05, 0.1) is 26.0 Å². The van der Waals surface area contributed by atoms with Crippen molar-refractivity contribution in [3.8, 4) is 0 Å². The summed E-state index contributed by atoms with van der Waals surface area (Å²) in [5.41, 5.74) is 1.83. The molecule has 1 aliphatic rings. The number of carbonyl (C=O) groups excluding carboxylic acids is 1. The number of carbonyl (C=O) groups is 1. The molecule has 0 radical (unpaired) electrons. The maximum atomic E-state index is 12.3. The number of aryl methyl sites for hydroxylation is 1. The molecule has 1 atom stereocenters. The molecule has 5 heteroatoms. The molecule has 0 aliphatic carbocycles. The summed E-state index contributed by atoms with van der Waals surface area (Å²) in [6, 6.07) is 11.6. The summed E-state index contributed by atoms with van der Waals surface area (Å²) in [5.74, 6) is 0.861. The zero-order valence-electron chi connectivity index (χ0n) is 13.4. The van der Waals surface area contributed by atoms with Crippen molar-refractivity contribution < 1.29 is 18.8 Å². The average Bonchev–Trinajstić information content (AvgIpc) is 3.11. The second kappa shape index (κ2) is 7.44. The Hall–Kier alpha value is -2.11. The highest BCUT2D eigenvalue weighted by Crippen LogP contribution is 2.11. The van der Waals surface area contributed by atoms with E-state index in [2.05, 4.69) is 5.32 Å². The maximum Gasteiger partial charge on any atom is 0.251 e. The van der Waals surface area contributed by atoms with Gasteiger partial charge < -0.3 is 19.4 Å². The van der Waals surface area contributed by atoms with E-state index in [1.807, 2.05) is 43.3 Å². The van der Waals surface area contributed by atoms with Gasteiger partial charge in [0.25, 0.3) is 5.91 Å². The van der Waals surface area contributed by atoms with E-state index >= 15 is 0 Å². The van der Waals surface area contributed by atoms with E-state index in [4.69, 9.17) is 9.15 Å². The fraction of sp³-hybridized carbons (Fsp3) is 0.389. The predicted molar refractivity (Wildman–Crippen MR) is 86.5 cm³/mol. The second-order valence-electron chi connectivity index (χ2n) is 5.91. The molecule has 5 nitrogen and oxygen atoms in total. The van der Waals surface area contributed by atoms with Crippen LogP contribution in [0.5, 0.6) is 0 Å². The number of nitrogens with one attached hydrogen (secondary N) is 2. The van der Waals surface area contributed by atoms with Crippen molar-refractivity contribution >= 4 is 5.91 Å². The van der Waals surface area contributed by atoms with Gasteiger partial charge in [0.1, 0.15) is 13.1 Å². The van der Waals surface area contributed by atoms with E-state index in [1.165, 1.54) is 4.90 Å². The first-order valence-corrected chi connectivity index (χ1v) is 8.04. The van der Waals surface area contributed by atoms with Crippen LogP contribution >= 0.6 is 0 Å². The molecule has 2 heterocycles. The molecule has 0 unspecified atom stereocenters. The molecular formula is C18H23N2O3+. The number of furan rings is 1. The number of morpholine rings is 1. The highest BCUT2D eigenvalue weighted by atomic mass is 16.5. The molecule has 0 saturated carbocycles. The van der Waals surface area contributed by atoms with Crippen LogP contribution < -0.4 is 10.2 Å². The molecule has 122 valence electrons. The lowest BCUT2D eigenvalue weighted by atomic mass is 10.1. The van der Waals surface area contributed by atoms with Crippen molar-refractivity contribution in [2.45, 2.75) is 13.0 Å². The quantitative estimate of drug-likeness (QED) is 0.865. The molecule has 1 aromatic heterocycles. The van der Waals surface area contributed by atoms with Crippen LogP contribution in [0.25, 0.3) is 0 Å². The van der Waals surface area contributed by atoms with Crippen LogP contribution in [-0.4, -0.2) is 38.8 Å². The Morgan fingerprint density at radius 3 is 2.61 bits per heavy atom. The van der Waals surface area contributed by atoms with Crippen LogP contribution in [0.4, 0.5) is 0 Å². The largest absolute Gasteiger partial charge is 0.463 e. The van der Waals surface area contributed by atoms with Crippen LogP contribution in [0.1, 0.15) is 27.7 Å². The Balaban J connectivity index is 1.66. The normalized spacial score (nSPS) is 16.9. The smallest absolute Gasteiger partial charge is 0.251 e. The van der Waals surface area contributed by atoms with Crippen LogP contribution in [0.3, 0.4) is 0 Å². The molecule has 0 spiro atoms. The summed E-state index contributed by atoms with van der Waals surface area (Å²) in [6.07, 6.45) is 1.68. The number of amides is 1. The van der Waals surface area contributed by atoms with Gasteiger partial charge in [0.2, 0.25) is 0 Å². The fourth-order valence-corrected chi connectivity index (χ4v) is 2.92. The highest BCUT2D eigenvalue weighted by molar-refractivity contribution is 5.94. The van der Waals surface area contributed by atoms with Crippen LogP contribution in [0.15, 0.2) is 47.1 Å². The number of benzene rings is 1. The summed E-state index contributed by atoms with van der Waals surface area (Å²) in [6.45, 7) is 5.90. The Morgan fingerprint density at radius 1 is 1.22 bits per heavy atom. The summed E-state index contributed by atoms with van der Waals surface area (Å²) in [4.78, 5) is 13.7. The first-order valence-electron chi connectivity index (χ1n) is 8.04. The number of ether oxygens (including phenoxy) is 1. The standard InChI is InChI=1S/C18H22N2O3/c1-14-4-6-15(7-5-14)18(21)19-13-16(17-3-2-10-23-17)20-8-11-22-12-9-20/h2-7,10,16H,8-9,11-13H2,1H3,(H,19,21)/p+1/t16-/m0/s1. The molecule has 1 amide bonds. The third-order valence-corrected chi connectivity index (χ3v) is 4.29. The fourth-order valence-electron chi connectivity index (χ4n) is 2.92. The van der Waals surface area contributed by atoms with Gasteiger partial charge in [-0.05, 0) is 31.2 Å². The third kappa shape index (κ3) is 4.00. The number of rotatable bonds is 5. The van der Waals surface area contributed by atoms with E-state index in [9.17, 15) is 4.79 Å². The Labute approximate surface area is 136 Å². The molecule has 3 rings (SSSR count). The number of hydrogen-bond acceptors (Lipinski definition) is 3. The van der Waals surface area contributed by atoms with Gasteiger partial charge >= 0.3 is 0 Å². The van der Waals surface area contributed by atoms with Crippen LogP contribution in [0.2, 0.25) is 0 Å². The molecule has 0 bridgehead atoms. The topological polar surface area (TPSA) is 55.9 Å². The minimum absolute atomic E-state index is 0.0470. The van der Waals surface area contributed by atoms with Gasteiger partial charge in [0.15, 0.2) is 11.8 Å². The zero-order valence-corrected chi connectivity index (χ0v) is 13.4. The summed E-state index contributed by atoms with van der Waals surface area (Å²) < 4.78 is 11.0. The molecule has 1 saturated heterocycles. The summed E-state index contributed by atoms with van der Waals surface area (Å²) >= 11 is 0. The number of quaternary nitrogens is 1. The maximum absolute atomic E-state index is 12.3. The Morgan fingerprint density at radius 2 is 1.96 bits per heavy atom. The lowest BCUT2D eigenvalue weighted by molar-refractivity contribution is -0.938. The van der Waals surface area contributed by atoms with Gasteiger partial charge in [0, 0.05) is 5.56 Å². The molecular weight excluding hydrogens is 292 g/mol. The lowest BCUT2D eigenvalue weighted by Crippen LogP contribution is -3.15. The van der Waals surface area contributed by atoms with E-state index in [1.54, 1.807) is 6.26 Å². The van der Waals surface area contributed by atoms with Gasteiger partial charge in [-0.1, -0.05) is 17.7 Å². The predicted octanol–water partition coefficient (Wildman–Crippen LogP) is 0.974. The Kier molecular flexibility index (Phi) is 5.10. The zero-order chi connectivity index (χ0) is 16.1. The van der Waals surface area contributed by atoms with Crippen LogP contribution in [-0.2, 0) is 4.74 Å². The van der Waals surface area contributed by atoms with Crippen molar-refractivity contribution in [1.82, 2.24) is 5.32 Å². The number of hydrogen-bond donors (Lipinski definition) is 2. The minimum Gasteiger partial charge on any atom is -0.463 e. The van der Waals surface area contributed by atoms with Crippen molar-refractivity contribution in [1.29, 1.82) is 0 Å². The first-order chi connectivity index (χ1) is 11.2. The third-order valence-electron chi connectivity index (χ3n) is 4.29. The molecule has 1 aliphatic heterocycles. The van der Waals surface area contributed by atoms with E-state index in [0.717, 1.165) is 37.6 Å². The molecule has 2 aromatic rings. The van der Waals surface area contributed by atoms with Gasteiger partial charge in [-0.15, -0.1) is 0 Å². The summed E-state index contributed by atoms with van der Waals surface area (Å²) in [5, 5.41) is 3.04. The van der Waals surface area contributed by atoms with Crippen LogP contribution in [0, 0.1) is 6.92 Å². The van der Waals surface area contributed by atoms with Gasteiger partial charge in [-0.3, -0.25) is 4.79 Å². The Bertz CT molecular complexity index is 616. The molecule has 1 aromatic carbocycles. The van der Waals surface area contributed by atoms with Crippen molar-refractivity contribution in [2.75, 3.05) is 32.8 Å². The lowest BCUT2D eigenvalue weighted by Gasteiger charge is -2.30. The van der Waals surface area contributed by atoms with E-state index in [0.29, 0.717) is 12.1 Å². The molecule has 2 N–H and O–H groups in total.